The first-order chi connectivity index (χ1) is 15.5. The summed E-state index contributed by atoms with van der Waals surface area (Å²) in [6.45, 7) is 3.41. The van der Waals surface area contributed by atoms with E-state index in [2.05, 4.69) is 20.1 Å². The molecule has 6 nitrogen and oxygen atoms in total. The molecule has 32 heavy (non-hydrogen) atoms. The molecular weight excluding hydrogens is 414 g/mol. The van der Waals surface area contributed by atoms with Gasteiger partial charge in [0, 0.05) is 44.4 Å². The molecule has 1 saturated heterocycles. The number of nitrogens with one attached hydrogen (secondary N) is 1. The van der Waals surface area contributed by atoms with Gasteiger partial charge in [0.1, 0.15) is 23.2 Å². The highest BCUT2D eigenvalue weighted by molar-refractivity contribution is 6.06. The van der Waals surface area contributed by atoms with E-state index in [9.17, 15) is 13.6 Å². The van der Waals surface area contributed by atoms with Crippen LogP contribution in [0.15, 0.2) is 60.8 Å². The lowest BCUT2D eigenvalue weighted by Gasteiger charge is -2.35. The minimum atomic E-state index is -0.565. The van der Waals surface area contributed by atoms with E-state index >= 15 is 0 Å². The summed E-state index contributed by atoms with van der Waals surface area (Å²) in [5.74, 6) is -0.0240. The minimum Gasteiger partial charge on any atom is -0.496 e. The Labute approximate surface area is 185 Å². The van der Waals surface area contributed by atoms with Crippen molar-refractivity contribution in [1.82, 2.24) is 9.88 Å². The number of hydrogen-bond acceptors (Lipinski definition) is 5. The predicted octanol–water partition coefficient (Wildman–Crippen LogP) is 3.94. The van der Waals surface area contributed by atoms with Crippen LogP contribution in [0.25, 0.3) is 0 Å². The highest BCUT2D eigenvalue weighted by Gasteiger charge is 2.19. The largest absolute Gasteiger partial charge is 0.496 e. The van der Waals surface area contributed by atoms with Gasteiger partial charge in [0.25, 0.3) is 5.91 Å². The number of methoxy groups -OCH3 is 1. The summed E-state index contributed by atoms with van der Waals surface area (Å²) in [6, 6.07) is 14.4. The number of hydrogen-bond donors (Lipinski definition) is 1. The maximum absolute atomic E-state index is 13.9. The van der Waals surface area contributed by atoms with Crippen molar-refractivity contribution in [2.45, 2.75) is 6.54 Å². The van der Waals surface area contributed by atoms with Gasteiger partial charge in [0.2, 0.25) is 0 Å². The lowest BCUT2D eigenvalue weighted by atomic mass is 10.1. The van der Waals surface area contributed by atoms with Crippen LogP contribution in [0, 0.1) is 11.6 Å². The Kier molecular flexibility index (Phi) is 6.61. The monoisotopic (exact) mass is 438 g/mol. The smallest absolute Gasteiger partial charge is 0.259 e. The number of pyridine rings is 1. The average Bonchev–Trinajstić information content (AvgIpc) is 2.82. The number of rotatable bonds is 6. The fraction of sp³-hybridized carbons (Fsp3) is 0.250. The first kappa shape index (κ1) is 21.7. The van der Waals surface area contributed by atoms with Crippen molar-refractivity contribution in [3.63, 3.8) is 0 Å². The summed E-state index contributed by atoms with van der Waals surface area (Å²) >= 11 is 0. The number of benzene rings is 2. The molecule has 1 N–H and O–H groups in total. The molecule has 0 spiro atoms. The molecule has 3 aromatic rings. The molecule has 1 aliphatic rings. The Balaban J connectivity index is 1.32. The summed E-state index contributed by atoms with van der Waals surface area (Å²) in [4.78, 5) is 21.3. The maximum atomic E-state index is 13.9. The first-order valence-corrected chi connectivity index (χ1v) is 10.3. The van der Waals surface area contributed by atoms with E-state index in [1.165, 1.54) is 19.2 Å². The molecule has 0 radical (unpaired) electrons. The number of aromatic nitrogens is 1. The normalized spacial score (nSPS) is 14.3. The number of para-hydroxylation sites is 1. The van der Waals surface area contributed by atoms with E-state index in [0.29, 0.717) is 29.1 Å². The van der Waals surface area contributed by atoms with Crippen LogP contribution in [0.5, 0.6) is 5.75 Å². The number of amides is 1. The third-order valence-corrected chi connectivity index (χ3v) is 5.46. The van der Waals surface area contributed by atoms with E-state index in [4.69, 9.17) is 4.74 Å². The SMILES string of the molecule is COc1ccccc1C(=O)Nc1ccc(N2CCN(Cc3ccc(F)cc3F)CC2)nc1. The minimum absolute atomic E-state index is 0.265. The van der Waals surface area contributed by atoms with Gasteiger partial charge in [-0.1, -0.05) is 18.2 Å². The number of nitrogens with zero attached hydrogens (tertiary/aromatic N) is 3. The van der Waals surface area contributed by atoms with E-state index < -0.39 is 11.6 Å². The van der Waals surface area contributed by atoms with Crippen LogP contribution in [0.3, 0.4) is 0 Å². The summed E-state index contributed by atoms with van der Waals surface area (Å²) in [5.41, 5.74) is 1.54. The Morgan fingerprint density at radius 3 is 2.53 bits per heavy atom. The molecule has 1 amide bonds. The maximum Gasteiger partial charge on any atom is 0.259 e. The molecule has 0 bridgehead atoms. The van der Waals surface area contributed by atoms with Crippen molar-refractivity contribution in [2.24, 2.45) is 0 Å². The number of carbonyl (C=O) groups is 1. The Bertz CT molecular complexity index is 1080. The van der Waals surface area contributed by atoms with Crippen molar-refractivity contribution in [2.75, 3.05) is 43.5 Å². The molecule has 8 heteroatoms. The number of anilines is 2. The van der Waals surface area contributed by atoms with Gasteiger partial charge in [0.05, 0.1) is 24.6 Å². The molecule has 0 saturated carbocycles. The second-order valence-electron chi connectivity index (χ2n) is 7.56. The van der Waals surface area contributed by atoms with Crippen molar-refractivity contribution >= 4 is 17.4 Å². The molecule has 2 heterocycles. The van der Waals surface area contributed by atoms with E-state index in [1.54, 1.807) is 24.4 Å². The van der Waals surface area contributed by atoms with Crippen LogP contribution in [-0.2, 0) is 6.54 Å². The average molecular weight is 438 g/mol. The van der Waals surface area contributed by atoms with Crippen molar-refractivity contribution in [1.29, 1.82) is 0 Å². The predicted molar refractivity (Wildman–Crippen MR) is 119 cm³/mol. The second-order valence-corrected chi connectivity index (χ2v) is 7.56. The third kappa shape index (κ3) is 5.03. The lowest BCUT2D eigenvalue weighted by molar-refractivity contribution is 0.102. The van der Waals surface area contributed by atoms with Gasteiger partial charge in [-0.2, -0.15) is 0 Å². The molecule has 4 rings (SSSR count). The van der Waals surface area contributed by atoms with Gasteiger partial charge >= 0.3 is 0 Å². The van der Waals surface area contributed by atoms with Crippen LogP contribution in [0.2, 0.25) is 0 Å². The fourth-order valence-corrected chi connectivity index (χ4v) is 3.70. The Morgan fingerprint density at radius 1 is 1.06 bits per heavy atom. The number of carbonyl (C=O) groups excluding carboxylic acids is 1. The van der Waals surface area contributed by atoms with Gasteiger partial charge in [-0.05, 0) is 30.3 Å². The standard InChI is InChI=1S/C24H24F2N4O2/c1-32-22-5-3-2-4-20(22)24(31)28-19-8-9-23(27-15-19)30-12-10-29(11-13-30)16-17-6-7-18(25)14-21(17)26/h2-9,14-15H,10-13,16H2,1H3,(H,28,31). The summed E-state index contributed by atoms with van der Waals surface area (Å²) in [6.07, 6.45) is 1.63. The Hall–Kier alpha value is -3.52. The zero-order valence-corrected chi connectivity index (χ0v) is 17.7. The fourth-order valence-electron chi connectivity index (χ4n) is 3.70. The number of piperazine rings is 1. The van der Waals surface area contributed by atoms with E-state index in [1.807, 2.05) is 18.2 Å². The summed E-state index contributed by atoms with van der Waals surface area (Å²) < 4.78 is 32.2. The van der Waals surface area contributed by atoms with Crippen LogP contribution in [0.1, 0.15) is 15.9 Å². The van der Waals surface area contributed by atoms with Crippen LogP contribution in [-0.4, -0.2) is 49.1 Å². The summed E-state index contributed by atoms with van der Waals surface area (Å²) in [7, 11) is 1.53. The van der Waals surface area contributed by atoms with Gasteiger partial charge in [-0.25, -0.2) is 13.8 Å². The topological polar surface area (TPSA) is 57.7 Å². The number of ether oxygens (including phenoxy) is 1. The zero-order chi connectivity index (χ0) is 22.5. The van der Waals surface area contributed by atoms with E-state index in [0.717, 1.165) is 38.1 Å². The van der Waals surface area contributed by atoms with Crippen molar-refractivity contribution in [3.05, 3.63) is 83.6 Å². The molecule has 166 valence electrons. The molecule has 1 fully saturated rings. The first-order valence-electron chi connectivity index (χ1n) is 10.3. The van der Waals surface area contributed by atoms with Crippen molar-refractivity contribution in [3.8, 4) is 5.75 Å². The molecule has 2 aromatic carbocycles. The second kappa shape index (κ2) is 9.74. The zero-order valence-electron chi connectivity index (χ0n) is 17.7. The molecule has 0 unspecified atom stereocenters. The van der Waals surface area contributed by atoms with Gasteiger partial charge in [-0.3, -0.25) is 9.69 Å². The van der Waals surface area contributed by atoms with Crippen LogP contribution >= 0.6 is 0 Å². The van der Waals surface area contributed by atoms with Crippen molar-refractivity contribution < 1.29 is 18.3 Å². The number of halogens is 2. The molecule has 0 aliphatic carbocycles. The highest BCUT2D eigenvalue weighted by atomic mass is 19.1. The molecule has 1 aromatic heterocycles. The molecule has 1 aliphatic heterocycles. The van der Waals surface area contributed by atoms with Gasteiger partial charge < -0.3 is 15.0 Å². The third-order valence-electron chi connectivity index (χ3n) is 5.46. The van der Waals surface area contributed by atoms with Gasteiger partial charge in [0.15, 0.2) is 0 Å². The highest BCUT2D eigenvalue weighted by Crippen LogP contribution is 2.21. The molecule has 0 atom stereocenters. The van der Waals surface area contributed by atoms with Crippen LogP contribution in [0.4, 0.5) is 20.3 Å². The lowest BCUT2D eigenvalue weighted by Crippen LogP contribution is -2.46. The summed E-state index contributed by atoms with van der Waals surface area (Å²) in [5, 5.41) is 2.84. The van der Waals surface area contributed by atoms with E-state index in [-0.39, 0.29) is 5.91 Å². The van der Waals surface area contributed by atoms with Crippen LogP contribution < -0.4 is 15.0 Å². The molecular formula is C24H24F2N4O2. The quantitative estimate of drug-likeness (QED) is 0.632. The van der Waals surface area contributed by atoms with Gasteiger partial charge in [-0.15, -0.1) is 0 Å². The Morgan fingerprint density at radius 2 is 1.84 bits per heavy atom.